The molecular weight excluding hydrogens is 332 g/mol. The zero-order valence-electron chi connectivity index (χ0n) is 15.3. The zero-order valence-corrected chi connectivity index (χ0v) is 15.3. The predicted molar refractivity (Wildman–Crippen MR) is 98.7 cm³/mol. The van der Waals surface area contributed by atoms with Gasteiger partial charge in [0.15, 0.2) is 11.5 Å². The minimum atomic E-state index is -0.150. The summed E-state index contributed by atoms with van der Waals surface area (Å²) in [6.45, 7) is 5.08. The first-order chi connectivity index (χ1) is 12.5. The Morgan fingerprint density at radius 1 is 1.19 bits per heavy atom. The fourth-order valence-corrected chi connectivity index (χ4v) is 2.60. The molecule has 26 heavy (non-hydrogen) atoms. The number of benzene rings is 2. The van der Waals surface area contributed by atoms with Gasteiger partial charge in [0.1, 0.15) is 12.4 Å². The van der Waals surface area contributed by atoms with Crippen LogP contribution in [0.3, 0.4) is 0 Å². The van der Waals surface area contributed by atoms with Gasteiger partial charge in [0, 0.05) is 13.6 Å². The number of carbonyl (C=O) groups excluding carboxylic acids is 1. The molecule has 2 aromatic rings. The topological polar surface area (TPSA) is 60.0 Å². The first-order valence-electron chi connectivity index (χ1n) is 8.61. The lowest BCUT2D eigenvalue weighted by Crippen LogP contribution is -2.43. The maximum atomic E-state index is 12.4. The lowest BCUT2D eigenvalue weighted by molar-refractivity contribution is 0.174. The van der Waals surface area contributed by atoms with Gasteiger partial charge in [-0.3, -0.25) is 0 Å². The van der Waals surface area contributed by atoms with E-state index in [9.17, 15) is 4.79 Å². The number of amides is 2. The molecular formula is C20H24N2O4. The van der Waals surface area contributed by atoms with Crippen LogP contribution in [0.15, 0.2) is 42.5 Å². The number of urea groups is 1. The first-order valence-corrected chi connectivity index (χ1v) is 8.61. The van der Waals surface area contributed by atoms with E-state index < -0.39 is 0 Å². The molecule has 0 aromatic heterocycles. The molecule has 6 heteroatoms. The minimum Gasteiger partial charge on any atom is -0.491 e. The average Bonchev–Trinajstić information content (AvgIpc) is 3.09. The van der Waals surface area contributed by atoms with Crippen LogP contribution in [-0.4, -0.2) is 37.4 Å². The molecule has 1 N–H and O–H groups in total. The number of hydrogen-bond acceptors (Lipinski definition) is 4. The van der Waals surface area contributed by atoms with Gasteiger partial charge in [-0.05, 0) is 43.7 Å². The Morgan fingerprint density at radius 2 is 1.92 bits per heavy atom. The second-order valence-electron chi connectivity index (χ2n) is 6.52. The van der Waals surface area contributed by atoms with Crippen molar-refractivity contribution < 1.29 is 19.0 Å². The van der Waals surface area contributed by atoms with Gasteiger partial charge in [-0.1, -0.05) is 23.8 Å². The van der Waals surface area contributed by atoms with Gasteiger partial charge >= 0.3 is 6.03 Å². The highest BCUT2D eigenvalue weighted by molar-refractivity contribution is 5.74. The molecule has 1 heterocycles. The van der Waals surface area contributed by atoms with Crippen LogP contribution in [0.4, 0.5) is 4.79 Å². The van der Waals surface area contributed by atoms with Crippen molar-refractivity contribution >= 4 is 6.03 Å². The third-order valence-electron chi connectivity index (χ3n) is 4.09. The third-order valence-corrected chi connectivity index (χ3v) is 4.09. The molecule has 138 valence electrons. The molecule has 1 unspecified atom stereocenters. The first kappa shape index (κ1) is 17.9. The molecule has 0 radical (unpaired) electrons. The molecule has 0 aliphatic carbocycles. The molecule has 3 rings (SSSR count). The van der Waals surface area contributed by atoms with Gasteiger partial charge < -0.3 is 24.4 Å². The van der Waals surface area contributed by atoms with E-state index >= 15 is 0 Å². The highest BCUT2D eigenvalue weighted by Crippen LogP contribution is 2.32. The Labute approximate surface area is 153 Å². The molecule has 6 nitrogen and oxygen atoms in total. The SMILES string of the molecule is Cc1ccc(OCC(C)NC(=O)N(C)Cc2ccc3c(c2)OCO3)cc1. The summed E-state index contributed by atoms with van der Waals surface area (Å²) in [5, 5.41) is 2.94. The van der Waals surface area contributed by atoms with E-state index in [-0.39, 0.29) is 18.9 Å². The molecule has 2 amide bonds. The van der Waals surface area contributed by atoms with Crippen molar-refractivity contribution in [3.8, 4) is 17.2 Å². The zero-order chi connectivity index (χ0) is 18.5. The molecule has 1 aliphatic rings. The molecule has 0 fully saturated rings. The summed E-state index contributed by atoms with van der Waals surface area (Å²) in [6.07, 6.45) is 0. The van der Waals surface area contributed by atoms with Gasteiger partial charge in [0.25, 0.3) is 0 Å². The Balaban J connectivity index is 1.46. The number of hydrogen-bond donors (Lipinski definition) is 1. The summed E-state index contributed by atoms with van der Waals surface area (Å²) < 4.78 is 16.4. The lowest BCUT2D eigenvalue weighted by atomic mass is 10.2. The fourth-order valence-electron chi connectivity index (χ4n) is 2.60. The van der Waals surface area contributed by atoms with Crippen molar-refractivity contribution in [1.82, 2.24) is 10.2 Å². The summed E-state index contributed by atoms with van der Waals surface area (Å²) in [6, 6.07) is 13.3. The molecule has 0 saturated heterocycles. The van der Waals surface area contributed by atoms with Crippen molar-refractivity contribution in [1.29, 1.82) is 0 Å². The molecule has 0 spiro atoms. The van der Waals surface area contributed by atoms with Gasteiger partial charge in [0.05, 0.1) is 6.04 Å². The number of aryl methyl sites for hydroxylation is 1. The second-order valence-corrected chi connectivity index (χ2v) is 6.52. The summed E-state index contributed by atoms with van der Waals surface area (Å²) in [5.74, 6) is 2.25. The number of fused-ring (bicyclic) bond motifs is 1. The standard InChI is InChI=1S/C20H24N2O4/c1-14-4-7-17(8-5-14)24-12-15(2)21-20(23)22(3)11-16-6-9-18-19(10-16)26-13-25-18/h4-10,15H,11-13H2,1-3H3,(H,21,23). The Kier molecular flexibility index (Phi) is 5.51. The van der Waals surface area contributed by atoms with Crippen LogP contribution in [0.1, 0.15) is 18.1 Å². The Morgan fingerprint density at radius 3 is 2.69 bits per heavy atom. The minimum absolute atomic E-state index is 0.108. The maximum absolute atomic E-state index is 12.4. The van der Waals surface area contributed by atoms with Crippen LogP contribution in [0.25, 0.3) is 0 Å². The van der Waals surface area contributed by atoms with E-state index in [0.29, 0.717) is 13.2 Å². The van der Waals surface area contributed by atoms with Crippen molar-refractivity contribution in [3.05, 3.63) is 53.6 Å². The number of rotatable bonds is 6. The number of ether oxygens (including phenoxy) is 3. The highest BCUT2D eigenvalue weighted by Gasteiger charge is 2.16. The van der Waals surface area contributed by atoms with E-state index in [1.54, 1.807) is 11.9 Å². The molecule has 1 aliphatic heterocycles. The van der Waals surface area contributed by atoms with Gasteiger partial charge in [-0.2, -0.15) is 0 Å². The quantitative estimate of drug-likeness (QED) is 0.862. The number of nitrogens with one attached hydrogen (secondary N) is 1. The number of nitrogens with zero attached hydrogens (tertiary/aromatic N) is 1. The lowest BCUT2D eigenvalue weighted by Gasteiger charge is -2.22. The second kappa shape index (κ2) is 7.99. The van der Waals surface area contributed by atoms with E-state index in [1.807, 2.05) is 56.3 Å². The Bertz CT molecular complexity index is 761. The highest BCUT2D eigenvalue weighted by atomic mass is 16.7. The summed E-state index contributed by atoms with van der Waals surface area (Å²) in [7, 11) is 1.76. The van der Waals surface area contributed by atoms with Crippen LogP contribution < -0.4 is 19.5 Å². The molecule has 1 atom stereocenters. The van der Waals surface area contributed by atoms with Gasteiger partial charge in [-0.25, -0.2) is 4.79 Å². The molecule has 0 saturated carbocycles. The van der Waals surface area contributed by atoms with Crippen LogP contribution in [-0.2, 0) is 6.54 Å². The van der Waals surface area contributed by atoms with E-state index in [0.717, 1.165) is 22.8 Å². The molecule has 0 bridgehead atoms. The van der Waals surface area contributed by atoms with Crippen LogP contribution in [0, 0.1) is 6.92 Å². The van der Waals surface area contributed by atoms with Gasteiger partial charge in [0.2, 0.25) is 6.79 Å². The van der Waals surface area contributed by atoms with Crippen LogP contribution in [0.2, 0.25) is 0 Å². The summed E-state index contributed by atoms with van der Waals surface area (Å²) in [5.41, 5.74) is 2.17. The molecule has 2 aromatic carbocycles. The van der Waals surface area contributed by atoms with Crippen LogP contribution in [0.5, 0.6) is 17.2 Å². The number of carbonyl (C=O) groups is 1. The summed E-state index contributed by atoms with van der Waals surface area (Å²) in [4.78, 5) is 14.0. The normalized spacial score (nSPS) is 13.2. The van der Waals surface area contributed by atoms with E-state index in [2.05, 4.69) is 5.32 Å². The van der Waals surface area contributed by atoms with Crippen molar-refractivity contribution in [3.63, 3.8) is 0 Å². The predicted octanol–water partition coefficient (Wildman–Crippen LogP) is 3.33. The van der Waals surface area contributed by atoms with Crippen molar-refractivity contribution in [2.75, 3.05) is 20.4 Å². The maximum Gasteiger partial charge on any atom is 0.317 e. The van der Waals surface area contributed by atoms with E-state index in [4.69, 9.17) is 14.2 Å². The van der Waals surface area contributed by atoms with Crippen LogP contribution >= 0.6 is 0 Å². The largest absolute Gasteiger partial charge is 0.491 e. The van der Waals surface area contributed by atoms with Crippen molar-refractivity contribution in [2.24, 2.45) is 0 Å². The Hall–Kier alpha value is -2.89. The smallest absolute Gasteiger partial charge is 0.317 e. The van der Waals surface area contributed by atoms with Gasteiger partial charge in [-0.15, -0.1) is 0 Å². The van der Waals surface area contributed by atoms with Crippen molar-refractivity contribution in [2.45, 2.75) is 26.4 Å². The average molecular weight is 356 g/mol. The third kappa shape index (κ3) is 4.59. The monoisotopic (exact) mass is 356 g/mol. The summed E-state index contributed by atoms with van der Waals surface area (Å²) >= 11 is 0. The van der Waals surface area contributed by atoms with E-state index in [1.165, 1.54) is 5.56 Å². The fraction of sp³-hybridized carbons (Fsp3) is 0.350.